The molecule has 1 aliphatic rings. The number of sulfone groups is 1. The van der Waals surface area contributed by atoms with Crippen LogP contribution in [0.15, 0.2) is 0 Å². The van der Waals surface area contributed by atoms with Gasteiger partial charge in [-0.25, -0.2) is 8.42 Å². The van der Waals surface area contributed by atoms with E-state index in [0.717, 1.165) is 0 Å². The molecule has 0 radical (unpaired) electrons. The molecule has 0 aromatic rings. The molecule has 0 atom stereocenters. The van der Waals surface area contributed by atoms with Gasteiger partial charge in [0.1, 0.15) is 0 Å². The molecule has 86 valence electrons. The first-order valence-corrected chi connectivity index (χ1v) is 7.09. The minimum absolute atomic E-state index is 0.107. The van der Waals surface area contributed by atoms with Crippen molar-refractivity contribution in [3.05, 3.63) is 0 Å². The molecule has 14 heavy (non-hydrogen) atoms. The zero-order valence-corrected chi connectivity index (χ0v) is 10.8. The van der Waals surface area contributed by atoms with Crippen molar-refractivity contribution in [2.75, 3.05) is 24.6 Å². The molecule has 1 saturated heterocycles. The minimum atomic E-state index is -2.72. The van der Waals surface area contributed by atoms with Gasteiger partial charge in [0.15, 0.2) is 9.84 Å². The highest BCUT2D eigenvalue weighted by Gasteiger charge is 2.28. The first kappa shape index (κ1) is 13.9. The van der Waals surface area contributed by atoms with E-state index in [-0.39, 0.29) is 5.54 Å². The summed E-state index contributed by atoms with van der Waals surface area (Å²) in [5, 5.41) is 0. The van der Waals surface area contributed by atoms with E-state index in [4.69, 9.17) is 0 Å². The second-order valence-corrected chi connectivity index (χ2v) is 6.61. The molecule has 3 nitrogen and oxygen atoms in total. The van der Waals surface area contributed by atoms with Gasteiger partial charge in [-0.3, -0.25) is 4.90 Å². The fourth-order valence-electron chi connectivity index (χ4n) is 1.38. The third kappa shape index (κ3) is 4.42. The molecule has 0 N–H and O–H groups in total. The van der Waals surface area contributed by atoms with E-state index in [0.29, 0.717) is 24.6 Å². The van der Waals surface area contributed by atoms with Gasteiger partial charge in [-0.1, -0.05) is 13.8 Å². The number of rotatable bonds is 0. The Morgan fingerprint density at radius 1 is 1.00 bits per heavy atom. The van der Waals surface area contributed by atoms with Gasteiger partial charge in [-0.2, -0.15) is 0 Å². The Bertz CT molecular complexity index is 238. The van der Waals surface area contributed by atoms with Crippen LogP contribution < -0.4 is 0 Å². The maximum atomic E-state index is 11.1. The molecule has 1 rings (SSSR count). The molecule has 0 spiro atoms. The standard InChI is InChI=1S/C8H17NO2S.C2H6/c1-8(2,3)9-4-6-12(10,11)7-5-9;1-2/h4-7H2,1-3H3;1-2H3. The maximum absolute atomic E-state index is 11.1. The van der Waals surface area contributed by atoms with Gasteiger partial charge in [0.25, 0.3) is 0 Å². The molecule has 1 aliphatic heterocycles. The smallest absolute Gasteiger partial charge is 0.152 e. The summed E-state index contributed by atoms with van der Waals surface area (Å²) in [4.78, 5) is 2.22. The predicted molar refractivity (Wildman–Crippen MR) is 61.3 cm³/mol. The zero-order chi connectivity index (χ0) is 11.4. The molecule has 1 heterocycles. The average Bonchev–Trinajstić information content (AvgIpc) is 2.05. The van der Waals surface area contributed by atoms with Crippen molar-refractivity contribution in [3.8, 4) is 0 Å². The van der Waals surface area contributed by atoms with Crippen LogP contribution in [0.25, 0.3) is 0 Å². The molecule has 0 saturated carbocycles. The lowest BCUT2D eigenvalue weighted by Gasteiger charge is -2.37. The summed E-state index contributed by atoms with van der Waals surface area (Å²) in [5.74, 6) is 0.647. The van der Waals surface area contributed by atoms with Crippen molar-refractivity contribution >= 4 is 9.84 Å². The van der Waals surface area contributed by atoms with Gasteiger partial charge in [-0.15, -0.1) is 0 Å². The highest BCUT2D eigenvalue weighted by molar-refractivity contribution is 7.91. The molecule has 0 bridgehead atoms. The molecular weight excluding hydrogens is 198 g/mol. The van der Waals surface area contributed by atoms with E-state index < -0.39 is 9.84 Å². The lowest BCUT2D eigenvalue weighted by atomic mass is 10.1. The van der Waals surface area contributed by atoms with E-state index in [1.807, 2.05) is 13.8 Å². The van der Waals surface area contributed by atoms with E-state index >= 15 is 0 Å². The van der Waals surface area contributed by atoms with Gasteiger partial charge >= 0.3 is 0 Å². The first-order chi connectivity index (χ1) is 6.31. The number of nitrogens with zero attached hydrogens (tertiary/aromatic N) is 1. The van der Waals surface area contributed by atoms with E-state index in [1.54, 1.807) is 0 Å². The fourth-order valence-corrected chi connectivity index (χ4v) is 2.58. The summed E-state index contributed by atoms with van der Waals surface area (Å²) >= 11 is 0. The fraction of sp³-hybridized carbons (Fsp3) is 1.00. The highest BCUT2D eigenvalue weighted by Crippen LogP contribution is 2.16. The Balaban J connectivity index is 0.000000791. The van der Waals surface area contributed by atoms with E-state index in [2.05, 4.69) is 25.7 Å². The van der Waals surface area contributed by atoms with Crippen molar-refractivity contribution in [1.82, 2.24) is 4.90 Å². The highest BCUT2D eigenvalue weighted by atomic mass is 32.2. The van der Waals surface area contributed by atoms with Gasteiger partial charge in [-0.05, 0) is 20.8 Å². The Morgan fingerprint density at radius 3 is 1.64 bits per heavy atom. The predicted octanol–water partition coefficient (Wildman–Crippen LogP) is 1.54. The lowest BCUT2D eigenvalue weighted by molar-refractivity contribution is 0.150. The zero-order valence-electron chi connectivity index (χ0n) is 10.0. The lowest BCUT2D eigenvalue weighted by Crippen LogP contribution is -2.49. The van der Waals surface area contributed by atoms with Crippen molar-refractivity contribution in [2.45, 2.75) is 40.2 Å². The summed E-state index contributed by atoms with van der Waals surface area (Å²) < 4.78 is 22.2. The monoisotopic (exact) mass is 221 g/mol. The molecule has 0 aromatic carbocycles. The Morgan fingerprint density at radius 2 is 1.36 bits per heavy atom. The minimum Gasteiger partial charge on any atom is -0.296 e. The van der Waals surface area contributed by atoms with Crippen LogP contribution in [0, 0.1) is 0 Å². The topological polar surface area (TPSA) is 37.4 Å². The third-order valence-corrected chi connectivity index (χ3v) is 3.90. The normalized spacial score (nSPS) is 22.4. The Hall–Kier alpha value is -0.0900. The van der Waals surface area contributed by atoms with Crippen LogP contribution in [0.3, 0.4) is 0 Å². The van der Waals surface area contributed by atoms with Crippen LogP contribution in [0.4, 0.5) is 0 Å². The Labute approximate surface area is 88.4 Å². The van der Waals surface area contributed by atoms with Crippen molar-refractivity contribution in [1.29, 1.82) is 0 Å². The molecule has 4 heteroatoms. The van der Waals surface area contributed by atoms with Crippen LogP contribution in [-0.2, 0) is 9.84 Å². The molecule has 0 aromatic heterocycles. The van der Waals surface area contributed by atoms with Crippen molar-refractivity contribution in [2.24, 2.45) is 0 Å². The van der Waals surface area contributed by atoms with Crippen LogP contribution in [0.2, 0.25) is 0 Å². The summed E-state index contributed by atoms with van der Waals surface area (Å²) in [6.45, 7) is 11.7. The van der Waals surface area contributed by atoms with Crippen LogP contribution in [-0.4, -0.2) is 43.5 Å². The van der Waals surface area contributed by atoms with Crippen LogP contribution in [0.5, 0.6) is 0 Å². The molecule has 0 aliphatic carbocycles. The average molecular weight is 221 g/mol. The largest absolute Gasteiger partial charge is 0.296 e. The maximum Gasteiger partial charge on any atom is 0.152 e. The van der Waals surface area contributed by atoms with Crippen LogP contribution in [0.1, 0.15) is 34.6 Å². The molecule has 0 amide bonds. The second kappa shape index (κ2) is 5.12. The quantitative estimate of drug-likeness (QED) is 0.623. The molecule has 1 fully saturated rings. The molecule has 0 unspecified atom stereocenters. The van der Waals surface area contributed by atoms with Crippen molar-refractivity contribution in [3.63, 3.8) is 0 Å². The van der Waals surface area contributed by atoms with Gasteiger partial charge < -0.3 is 0 Å². The summed E-state index contributed by atoms with van der Waals surface area (Å²) in [5.41, 5.74) is 0.107. The molecular formula is C10H23NO2S. The number of hydrogen-bond donors (Lipinski definition) is 0. The van der Waals surface area contributed by atoms with Gasteiger partial charge in [0, 0.05) is 18.6 Å². The number of hydrogen-bond acceptors (Lipinski definition) is 3. The van der Waals surface area contributed by atoms with Crippen molar-refractivity contribution < 1.29 is 8.42 Å². The first-order valence-electron chi connectivity index (χ1n) is 5.27. The second-order valence-electron chi connectivity index (χ2n) is 4.31. The summed E-state index contributed by atoms with van der Waals surface area (Å²) in [6.07, 6.45) is 0. The van der Waals surface area contributed by atoms with Crippen LogP contribution >= 0.6 is 0 Å². The van der Waals surface area contributed by atoms with E-state index in [1.165, 1.54) is 0 Å². The SMILES string of the molecule is CC.CC(C)(C)N1CCS(=O)(=O)CC1. The summed E-state index contributed by atoms with van der Waals surface area (Å²) in [6, 6.07) is 0. The van der Waals surface area contributed by atoms with Gasteiger partial charge in [0.05, 0.1) is 11.5 Å². The Kier molecular flexibility index (Phi) is 5.09. The summed E-state index contributed by atoms with van der Waals surface area (Å²) in [7, 11) is -2.72. The van der Waals surface area contributed by atoms with E-state index in [9.17, 15) is 8.42 Å². The third-order valence-electron chi connectivity index (χ3n) is 2.29. The van der Waals surface area contributed by atoms with Gasteiger partial charge in [0.2, 0.25) is 0 Å².